The third kappa shape index (κ3) is 5.83. The summed E-state index contributed by atoms with van der Waals surface area (Å²) in [7, 11) is 0. The lowest BCUT2D eigenvalue weighted by molar-refractivity contribution is -0.122. The van der Waals surface area contributed by atoms with Crippen LogP contribution in [0.3, 0.4) is 0 Å². The molecule has 0 radical (unpaired) electrons. The maximum atomic E-state index is 11.8. The summed E-state index contributed by atoms with van der Waals surface area (Å²) in [4.78, 5) is 14.0. The summed E-state index contributed by atoms with van der Waals surface area (Å²) in [5.41, 5.74) is 0. The topological polar surface area (TPSA) is 52.6 Å². The van der Waals surface area contributed by atoms with E-state index < -0.39 is 0 Å². The van der Waals surface area contributed by atoms with Gasteiger partial charge in [0.15, 0.2) is 0 Å². The van der Waals surface area contributed by atoms with E-state index in [1.165, 1.54) is 0 Å². The summed E-state index contributed by atoms with van der Waals surface area (Å²) >= 11 is 0. The predicted molar refractivity (Wildman–Crippen MR) is 73.3 cm³/mol. The van der Waals surface area contributed by atoms with Gasteiger partial charge in [0.2, 0.25) is 5.91 Å². The van der Waals surface area contributed by atoms with Gasteiger partial charge in [-0.25, -0.2) is 0 Å². The molecular weight excluding hydrogens is 228 g/mol. The first-order valence-corrected chi connectivity index (χ1v) is 7.13. The van der Waals surface area contributed by atoms with Crippen molar-refractivity contribution in [1.82, 2.24) is 10.2 Å². The number of nitrogens with zero attached hydrogens (tertiary/aromatic N) is 1. The van der Waals surface area contributed by atoms with E-state index in [-0.39, 0.29) is 18.6 Å². The molecular formula is C14H28N2O2. The smallest absolute Gasteiger partial charge is 0.234 e. The Labute approximate surface area is 111 Å². The van der Waals surface area contributed by atoms with Crippen LogP contribution in [0, 0.1) is 11.8 Å². The van der Waals surface area contributed by atoms with Crippen molar-refractivity contribution < 1.29 is 9.90 Å². The molecule has 1 rings (SSSR count). The Balaban J connectivity index is 2.17. The fourth-order valence-corrected chi connectivity index (χ4v) is 2.38. The fourth-order valence-electron chi connectivity index (χ4n) is 2.38. The number of nitrogens with one attached hydrogen (secondary N) is 1. The zero-order valence-corrected chi connectivity index (χ0v) is 12.0. The Morgan fingerprint density at radius 3 is 2.67 bits per heavy atom. The van der Waals surface area contributed by atoms with Crippen molar-refractivity contribution in [2.45, 2.75) is 46.1 Å². The number of hydrogen-bond acceptors (Lipinski definition) is 3. The molecule has 1 aliphatic rings. The molecule has 4 heteroatoms. The normalized spacial score (nSPS) is 22.4. The highest BCUT2D eigenvalue weighted by molar-refractivity contribution is 5.78. The van der Waals surface area contributed by atoms with Crippen LogP contribution in [0.15, 0.2) is 0 Å². The molecule has 0 aromatic rings. The zero-order chi connectivity index (χ0) is 13.5. The quantitative estimate of drug-likeness (QED) is 0.720. The first kappa shape index (κ1) is 15.4. The van der Waals surface area contributed by atoms with Crippen LogP contribution in [0.5, 0.6) is 0 Å². The van der Waals surface area contributed by atoms with Crippen molar-refractivity contribution in [2.24, 2.45) is 11.8 Å². The number of amides is 1. The minimum Gasteiger partial charge on any atom is -0.396 e. The molecule has 0 saturated carbocycles. The number of aliphatic hydroxyl groups is 1. The number of hydrogen-bond donors (Lipinski definition) is 2. The number of rotatable bonds is 7. The van der Waals surface area contributed by atoms with Crippen molar-refractivity contribution in [2.75, 3.05) is 26.2 Å². The van der Waals surface area contributed by atoms with Crippen molar-refractivity contribution in [3.05, 3.63) is 0 Å². The minimum atomic E-state index is 0.116. The lowest BCUT2D eigenvalue weighted by Crippen LogP contribution is -2.40. The van der Waals surface area contributed by atoms with Gasteiger partial charge < -0.3 is 10.4 Å². The Kier molecular flexibility index (Phi) is 6.65. The highest BCUT2D eigenvalue weighted by Crippen LogP contribution is 2.14. The van der Waals surface area contributed by atoms with Gasteiger partial charge in [-0.15, -0.1) is 0 Å². The Morgan fingerprint density at radius 1 is 1.39 bits per heavy atom. The second-order valence-electron chi connectivity index (χ2n) is 6.01. The van der Waals surface area contributed by atoms with Crippen LogP contribution in [0.1, 0.15) is 40.0 Å². The average Bonchev–Trinajstić information content (AvgIpc) is 2.73. The monoisotopic (exact) mass is 256 g/mol. The Hall–Kier alpha value is -0.610. The standard InChI is InChI=1S/C14H28N2O2/c1-11(2)4-5-12(3)15-14(18)9-16-7-6-13(8-16)10-17/h11-13,17H,4-10H2,1-3H3,(H,15,18). The largest absolute Gasteiger partial charge is 0.396 e. The van der Waals surface area contributed by atoms with E-state index in [1.807, 2.05) is 0 Å². The summed E-state index contributed by atoms with van der Waals surface area (Å²) in [6.07, 6.45) is 3.20. The lowest BCUT2D eigenvalue weighted by atomic mass is 10.0. The van der Waals surface area contributed by atoms with E-state index in [1.54, 1.807) is 0 Å². The van der Waals surface area contributed by atoms with Gasteiger partial charge in [0.05, 0.1) is 6.54 Å². The van der Waals surface area contributed by atoms with Crippen molar-refractivity contribution in [3.8, 4) is 0 Å². The fraction of sp³-hybridized carbons (Fsp3) is 0.929. The molecule has 0 bridgehead atoms. The maximum Gasteiger partial charge on any atom is 0.234 e. The van der Waals surface area contributed by atoms with E-state index in [0.29, 0.717) is 18.4 Å². The summed E-state index contributed by atoms with van der Waals surface area (Å²) < 4.78 is 0. The molecule has 2 atom stereocenters. The van der Waals surface area contributed by atoms with Crippen LogP contribution in [-0.2, 0) is 4.79 Å². The Bertz CT molecular complexity index is 256. The molecule has 0 aromatic heterocycles. The van der Waals surface area contributed by atoms with Gasteiger partial charge >= 0.3 is 0 Å². The molecule has 1 fully saturated rings. The number of likely N-dealkylation sites (tertiary alicyclic amines) is 1. The van der Waals surface area contributed by atoms with Crippen LogP contribution in [0.2, 0.25) is 0 Å². The molecule has 106 valence electrons. The summed E-state index contributed by atoms with van der Waals surface area (Å²) in [6, 6.07) is 0.260. The molecule has 1 aliphatic heterocycles. The minimum absolute atomic E-state index is 0.116. The van der Waals surface area contributed by atoms with Gasteiger partial charge in [-0.05, 0) is 44.6 Å². The second-order valence-corrected chi connectivity index (χ2v) is 6.01. The third-order valence-corrected chi connectivity index (χ3v) is 3.58. The molecule has 0 aromatic carbocycles. The molecule has 4 nitrogen and oxygen atoms in total. The first-order chi connectivity index (χ1) is 8.51. The van der Waals surface area contributed by atoms with Crippen molar-refractivity contribution in [3.63, 3.8) is 0 Å². The van der Waals surface area contributed by atoms with E-state index in [4.69, 9.17) is 5.11 Å². The Morgan fingerprint density at radius 2 is 2.11 bits per heavy atom. The molecule has 1 amide bonds. The SMILES string of the molecule is CC(C)CCC(C)NC(=O)CN1CCC(CO)C1. The highest BCUT2D eigenvalue weighted by Gasteiger charge is 2.23. The molecule has 0 spiro atoms. The molecule has 2 unspecified atom stereocenters. The maximum absolute atomic E-state index is 11.8. The van der Waals surface area contributed by atoms with E-state index >= 15 is 0 Å². The first-order valence-electron chi connectivity index (χ1n) is 7.13. The summed E-state index contributed by atoms with van der Waals surface area (Å²) in [5, 5.41) is 12.1. The second kappa shape index (κ2) is 7.74. The van der Waals surface area contributed by atoms with Crippen molar-refractivity contribution in [1.29, 1.82) is 0 Å². The zero-order valence-electron chi connectivity index (χ0n) is 12.0. The van der Waals surface area contributed by atoms with Crippen LogP contribution in [-0.4, -0.2) is 48.2 Å². The van der Waals surface area contributed by atoms with Crippen LogP contribution >= 0.6 is 0 Å². The molecule has 0 aliphatic carbocycles. The number of aliphatic hydroxyl groups excluding tert-OH is 1. The van der Waals surface area contributed by atoms with Crippen LogP contribution in [0.4, 0.5) is 0 Å². The molecule has 1 saturated heterocycles. The molecule has 2 N–H and O–H groups in total. The van der Waals surface area contributed by atoms with Crippen LogP contribution in [0.25, 0.3) is 0 Å². The van der Waals surface area contributed by atoms with Crippen molar-refractivity contribution >= 4 is 5.91 Å². The van der Waals surface area contributed by atoms with Crippen LogP contribution < -0.4 is 5.32 Å². The van der Waals surface area contributed by atoms with E-state index in [9.17, 15) is 4.79 Å². The average molecular weight is 256 g/mol. The van der Waals surface area contributed by atoms with Gasteiger partial charge in [-0.3, -0.25) is 9.69 Å². The van der Waals surface area contributed by atoms with Gasteiger partial charge in [0.25, 0.3) is 0 Å². The van der Waals surface area contributed by atoms with Gasteiger partial charge in [0, 0.05) is 19.2 Å². The van der Waals surface area contributed by atoms with Gasteiger partial charge in [-0.2, -0.15) is 0 Å². The van der Waals surface area contributed by atoms with E-state index in [2.05, 4.69) is 31.0 Å². The highest BCUT2D eigenvalue weighted by atomic mass is 16.3. The lowest BCUT2D eigenvalue weighted by Gasteiger charge is -2.19. The molecule has 1 heterocycles. The number of carbonyl (C=O) groups excluding carboxylic acids is 1. The predicted octanol–water partition coefficient (Wildman–Crippen LogP) is 1.24. The summed E-state index contributed by atoms with van der Waals surface area (Å²) in [6.45, 7) is 8.97. The third-order valence-electron chi connectivity index (χ3n) is 3.58. The van der Waals surface area contributed by atoms with Gasteiger partial charge in [-0.1, -0.05) is 13.8 Å². The van der Waals surface area contributed by atoms with Gasteiger partial charge in [0.1, 0.15) is 0 Å². The molecule has 18 heavy (non-hydrogen) atoms. The number of carbonyl (C=O) groups is 1. The van der Waals surface area contributed by atoms with E-state index in [0.717, 1.165) is 32.4 Å². The summed E-state index contributed by atoms with van der Waals surface area (Å²) in [5.74, 6) is 1.16.